The number of nitrogens with two attached hydrogens (primary N) is 1. The van der Waals surface area contributed by atoms with E-state index < -0.39 is 17.5 Å². The first-order valence-electron chi connectivity index (χ1n) is 4.61. The number of benzene rings is 1. The fourth-order valence-electron chi connectivity index (χ4n) is 1.12. The molecule has 0 bridgehead atoms. The number of methoxy groups -OCH3 is 1. The molecule has 88 valence electrons. The minimum absolute atomic E-state index is 0.0487. The molecule has 4 nitrogen and oxygen atoms in total. The van der Waals surface area contributed by atoms with Crippen LogP contribution >= 0.6 is 0 Å². The van der Waals surface area contributed by atoms with Crippen molar-refractivity contribution in [3.05, 3.63) is 23.8 Å². The van der Waals surface area contributed by atoms with Crippen molar-refractivity contribution >= 4 is 11.6 Å². The monoisotopic (exact) mass is 230 g/mol. The molecule has 1 rings (SSSR count). The van der Waals surface area contributed by atoms with E-state index in [2.05, 4.69) is 10.1 Å². The molecule has 0 saturated carbocycles. The lowest BCUT2D eigenvalue weighted by Gasteiger charge is -2.08. The number of nitrogens with one attached hydrogen (secondary N) is 1. The van der Waals surface area contributed by atoms with E-state index in [-0.39, 0.29) is 24.4 Å². The molecule has 0 aliphatic heterocycles. The Balaban J connectivity index is 2.89. The van der Waals surface area contributed by atoms with Gasteiger partial charge in [0.25, 0.3) is 0 Å². The SMILES string of the molecule is COc1cc(F)c(NC(=O)CCN)cc1F. The minimum Gasteiger partial charge on any atom is -0.494 e. The van der Waals surface area contributed by atoms with Crippen LogP contribution in [0.3, 0.4) is 0 Å². The van der Waals surface area contributed by atoms with Crippen molar-refractivity contribution in [2.75, 3.05) is 19.0 Å². The van der Waals surface area contributed by atoms with E-state index in [1.807, 2.05) is 0 Å². The summed E-state index contributed by atoms with van der Waals surface area (Å²) in [7, 11) is 1.23. The van der Waals surface area contributed by atoms with Crippen LogP contribution in [0.2, 0.25) is 0 Å². The van der Waals surface area contributed by atoms with Gasteiger partial charge in [0.15, 0.2) is 17.4 Å². The fraction of sp³-hybridized carbons (Fsp3) is 0.300. The number of hydrogen-bond donors (Lipinski definition) is 2. The second kappa shape index (κ2) is 5.41. The molecule has 3 N–H and O–H groups in total. The second-order valence-corrected chi connectivity index (χ2v) is 3.05. The standard InChI is InChI=1S/C10H12F2N2O2/c1-16-9-5-6(11)8(4-7(9)12)14-10(15)2-3-13/h4-5H,2-3,13H2,1H3,(H,14,15). The molecular formula is C10H12F2N2O2. The van der Waals surface area contributed by atoms with Gasteiger partial charge in [-0.1, -0.05) is 0 Å². The van der Waals surface area contributed by atoms with Crippen molar-refractivity contribution in [1.29, 1.82) is 0 Å². The van der Waals surface area contributed by atoms with Gasteiger partial charge in [0.05, 0.1) is 12.8 Å². The third-order valence-corrected chi connectivity index (χ3v) is 1.89. The molecule has 16 heavy (non-hydrogen) atoms. The Bertz CT molecular complexity index is 397. The Kier molecular flexibility index (Phi) is 4.19. The van der Waals surface area contributed by atoms with Gasteiger partial charge in [-0.25, -0.2) is 8.78 Å². The highest BCUT2D eigenvalue weighted by Crippen LogP contribution is 2.24. The van der Waals surface area contributed by atoms with Gasteiger partial charge in [-0.15, -0.1) is 0 Å². The van der Waals surface area contributed by atoms with Gasteiger partial charge in [0.1, 0.15) is 0 Å². The van der Waals surface area contributed by atoms with Crippen molar-refractivity contribution in [2.45, 2.75) is 6.42 Å². The molecule has 0 atom stereocenters. The largest absolute Gasteiger partial charge is 0.494 e. The fourth-order valence-corrected chi connectivity index (χ4v) is 1.12. The summed E-state index contributed by atoms with van der Waals surface area (Å²) >= 11 is 0. The molecule has 0 aliphatic carbocycles. The van der Waals surface area contributed by atoms with Gasteiger partial charge in [0.2, 0.25) is 5.91 Å². The van der Waals surface area contributed by atoms with E-state index >= 15 is 0 Å². The summed E-state index contributed by atoms with van der Waals surface area (Å²) in [5, 5.41) is 2.21. The van der Waals surface area contributed by atoms with Gasteiger partial charge < -0.3 is 15.8 Å². The molecule has 0 fully saturated rings. The lowest BCUT2D eigenvalue weighted by Crippen LogP contribution is -2.17. The molecular weight excluding hydrogens is 218 g/mol. The normalized spacial score (nSPS) is 10.0. The molecule has 0 unspecified atom stereocenters. The summed E-state index contributed by atoms with van der Waals surface area (Å²) in [5.74, 6) is -2.18. The number of hydrogen-bond acceptors (Lipinski definition) is 3. The summed E-state index contributed by atoms with van der Waals surface area (Å²) in [6.45, 7) is 0.145. The summed E-state index contributed by atoms with van der Waals surface area (Å²) < 4.78 is 31.1. The quantitative estimate of drug-likeness (QED) is 0.818. The Morgan fingerprint density at radius 2 is 2.12 bits per heavy atom. The average molecular weight is 230 g/mol. The van der Waals surface area contributed by atoms with E-state index in [1.165, 1.54) is 7.11 Å². The highest BCUT2D eigenvalue weighted by atomic mass is 19.1. The number of halogens is 2. The topological polar surface area (TPSA) is 64.3 Å². The first kappa shape index (κ1) is 12.4. The van der Waals surface area contributed by atoms with Crippen molar-refractivity contribution in [3.63, 3.8) is 0 Å². The number of amides is 1. The van der Waals surface area contributed by atoms with E-state index in [4.69, 9.17) is 5.73 Å². The van der Waals surface area contributed by atoms with Gasteiger partial charge >= 0.3 is 0 Å². The third kappa shape index (κ3) is 2.90. The summed E-state index contributed by atoms with van der Waals surface area (Å²) in [5.41, 5.74) is 4.92. The lowest BCUT2D eigenvalue weighted by molar-refractivity contribution is -0.116. The summed E-state index contributed by atoms with van der Waals surface area (Å²) in [6, 6.07) is 1.73. The maximum absolute atomic E-state index is 13.3. The zero-order valence-electron chi connectivity index (χ0n) is 8.72. The molecule has 6 heteroatoms. The molecule has 1 amide bonds. The highest BCUT2D eigenvalue weighted by molar-refractivity contribution is 5.91. The minimum atomic E-state index is -0.761. The Morgan fingerprint density at radius 1 is 1.44 bits per heavy atom. The zero-order valence-corrected chi connectivity index (χ0v) is 8.72. The first-order chi connectivity index (χ1) is 7.58. The van der Waals surface area contributed by atoms with Crippen molar-refractivity contribution in [2.24, 2.45) is 5.73 Å². The van der Waals surface area contributed by atoms with E-state index in [0.29, 0.717) is 0 Å². The molecule has 0 aliphatic rings. The maximum atomic E-state index is 13.3. The van der Waals surface area contributed by atoms with Crippen LogP contribution in [0, 0.1) is 11.6 Å². The Morgan fingerprint density at radius 3 is 2.69 bits per heavy atom. The van der Waals surface area contributed by atoms with Crippen LogP contribution in [-0.2, 0) is 4.79 Å². The van der Waals surface area contributed by atoms with Gasteiger partial charge in [0, 0.05) is 25.1 Å². The number of anilines is 1. The number of carbonyl (C=O) groups is 1. The van der Waals surface area contributed by atoms with Gasteiger partial charge in [-0.3, -0.25) is 4.79 Å². The Labute approximate surface area is 91.4 Å². The molecule has 1 aromatic rings. The second-order valence-electron chi connectivity index (χ2n) is 3.05. The van der Waals surface area contributed by atoms with E-state index in [0.717, 1.165) is 12.1 Å². The van der Waals surface area contributed by atoms with Gasteiger partial charge in [-0.2, -0.15) is 0 Å². The highest BCUT2D eigenvalue weighted by Gasteiger charge is 2.12. The van der Waals surface area contributed by atoms with Crippen LogP contribution in [0.4, 0.5) is 14.5 Å². The van der Waals surface area contributed by atoms with Crippen LogP contribution in [0.5, 0.6) is 5.75 Å². The lowest BCUT2D eigenvalue weighted by atomic mass is 10.2. The number of carbonyl (C=O) groups excluding carboxylic acids is 1. The van der Waals surface area contributed by atoms with Crippen LogP contribution < -0.4 is 15.8 Å². The maximum Gasteiger partial charge on any atom is 0.225 e. The summed E-state index contributed by atoms with van der Waals surface area (Å²) in [6.07, 6.45) is 0.0487. The molecule has 0 spiro atoms. The van der Waals surface area contributed by atoms with Crippen LogP contribution in [0.15, 0.2) is 12.1 Å². The van der Waals surface area contributed by atoms with Crippen molar-refractivity contribution < 1.29 is 18.3 Å². The molecule has 0 radical (unpaired) electrons. The average Bonchev–Trinajstić information content (AvgIpc) is 2.23. The number of rotatable bonds is 4. The molecule has 1 aromatic carbocycles. The Hall–Kier alpha value is -1.69. The van der Waals surface area contributed by atoms with Gasteiger partial charge in [-0.05, 0) is 0 Å². The molecule has 0 aromatic heterocycles. The van der Waals surface area contributed by atoms with Crippen molar-refractivity contribution in [3.8, 4) is 5.75 Å². The number of ether oxygens (including phenoxy) is 1. The molecule has 0 heterocycles. The van der Waals surface area contributed by atoms with Crippen LogP contribution in [-0.4, -0.2) is 19.6 Å². The van der Waals surface area contributed by atoms with Crippen LogP contribution in [0.1, 0.15) is 6.42 Å². The predicted molar refractivity (Wildman–Crippen MR) is 55.2 cm³/mol. The zero-order chi connectivity index (χ0) is 12.1. The first-order valence-corrected chi connectivity index (χ1v) is 4.61. The molecule has 0 saturated heterocycles. The predicted octanol–water partition coefficient (Wildman–Crippen LogP) is 1.26. The third-order valence-electron chi connectivity index (χ3n) is 1.89. The van der Waals surface area contributed by atoms with E-state index in [1.54, 1.807) is 0 Å². The van der Waals surface area contributed by atoms with Crippen LogP contribution in [0.25, 0.3) is 0 Å². The smallest absolute Gasteiger partial charge is 0.225 e. The van der Waals surface area contributed by atoms with Crippen molar-refractivity contribution in [1.82, 2.24) is 0 Å². The summed E-state index contributed by atoms with van der Waals surface area (Å²) in [4.78, 5) is 11.1. The van der Waals surface area contributed by atoms with E-state index in [9.17, 15) is 13.6 Å².